The molecule has 0 aliphatic heterocycles. The number of ether oxygens (including phenoxy) is 1. The molecule has 21 heavy (non-hydrogen) atoms. The molecule has 0 aliphatic carbocycles. The molecule has 1 aromatic carbocycles. The molecule has 0 N–H and O–H groups in total. The number of imidazole rings is 1. The van der Waals surface area contributed by atoms with Crippen LogP contribution in [0.2, 0.25) is 0 Å². The molecular weight excluding hydrogens is 264 g/mol. The van der Waals surface area contributed by atoms with E-state index in [0.717, 1.165) is 17.1 Å². The largest absolute Gasteiger partial charge is 0.456 e. The Bertz CT molecular complexity index is 657. The van der Waals surface area contributed by atoms with Gasteiger partial charge in [-0.05, 0) is 19.1 Å². The van der Waals surface area contributed by atoms with Gasteiger partial charge in [-0.15, -0.1) is 6.58 Å². The van der Waals surface area contributed by atoms with Gasteiger partial charge in [-0.25, -0.2) is 9.78 Å². The van der Waals surface area contributed by atoms with Crippen LogP contribution >= 0.6 is 0 Å². The van der Waals surface area contributed by atoms with Crippen molar-refractivity contribution in [1.29, 1.82) is 0 Å². The molecule has 1 heterocycles. The molecule has 0 radical (unpaired) electrons. The van der Waals surface area contributed by atoms with Crippen molar-refractivity contribution in [2.45, 2.75) is 20.0 Å². The lowest BCUT2D eigenvalue weighted by atomic mass is 10.2. The zero-order valence-corrected chi connectivity index (χ0v) is 12.1. The van der Waals surface area contributed by atoms with Gasteiger partial charge < -0.3 is 9.30 Å². The maximum absolute atomic E-state index is 11.5. The molecular formula is C17H18N2O2. The zero-order valence-electron chi connectivity index (χ0n) is 12.1. The Hall–Kier alpha value is -2.62. The molecule has 0 spiro atoms. The van der Waals surface area contributed by atoms with Crippen LogP contribution in [0.15, 0.2) is 61.5 Å². The maximum Gasteiger partial charge on any atom is 0.333 e. The predicted molar refractivity (Wildman–Crippen MR) is 82.1 cm³/mol. The van der Waals surface area contributed by atoms with E-state index in [2.05, 4.69) is 18.1 Å². The van der Waals surface area contributed by atoms with E-state index in [1.807, 2.05) is 34.9 Å². The highest BCUT2D eigenvalue weighted by Gasteiger charge is 2.13. The highest BCUT2D eigenvalue weighted by atomic mass is 16.5. The minimum atomic E-state index is -0.409. The second kappa shape index (κ2) is 6.70. The summed E-state index contributed by atoms with van der Waals surface area (Å²) < 4.78 is 7.15. The first-order chi connectivity index (χ1) is 10.1. The van der Waals surface area contributed by atoms with Gasteiger partial charge >= 0.3 is 5.97 Å². The molecule has 108 valence electrons. The summed E-state index contributed by atoms with van der Waals surface area (Å²) >= 11 is 0. The average Bonchev–Trinajstić information content (AvgIpc) is 2.89. The summed E-state index contributed by atoms with van der Waals surface area (Å²) in [5, 5.41) is 0. The number of benzene rings is 1. The van der Waals surface area contributed by atoms with Crippen molar-refractivity contribution in [3.8, 4) is 5.69 Å². The number of carbonyl (C=O) groups excluding carboxylic acids is 1. The molecule has 0 unspecified atom stereocenters. The number of carbonyl (C=O) groups is 1. The number of nitrogens with zero attached hydrogens (tertiary/aromatic N) is 2. The molecule has 0 aliphatic rings. The summed E-state index contributed by atoms with van der Waals surface area (Å²) in [5.41, 5.74) is 3.08. The van der Waals surface area contributed by atoms with Crippen LogP contribution in [-0.4, -0.2) is 15.5 Å². The number of rotatable bonds is 6. The lowest BCUT2D eigenvalue weighted by Gasteiger charge is -2.09. The first-order valence-electron chi connectivity index (χ1n) is 6.67. The summed E-state index contributed by atoms with van der Waals surface area (Å²) in [6.07, 6.45) is 4.19. The minimum absolute atomic E-state index is 0.134. The van der Waals surface area contributed by atoms with E-state index in [9.17, 15) is 4.79 Å². The first-order valence-corrected chi connectivity index (χ1v) is 6.67. The second-order valence-electron chi connectivity index (χ2n) is 4.69. The van der Waals surface area contributed by atoms with Crippen LogP contribution in [0.1, 0.15) is 18.3 Å². The molecule has 2 aromatic rings. The van der Waals surface area contributed by atoms with Gasteiger partial charge in [0.15, 0.2) is 0 Å². The van der Waals surface area contributed by atoms with E-state index in [4.69, 9.17) is 4.74 Å². The SMILES string of the molecule is C=CCc1c(COC(=O)C(=C)C)ncn1-c1ccccc1. The van der Waals surface area contributed by atoms with E-state index >= 15 is 0 Å². The fraction of sp³-hybridized carbons (Fsp3) is 0.176. The van der Waals surface area contributed by atoms with Crippen LogP contribution in [0.3, 0.4) is 0 Å². The van der Waals surface area contributed by atoms with Gasteiger partial charge in [0, 0.05) is 17.7 Å². The summed E-state index contributed by atoms with van der Waals surface area (Å²) in [4.78, 5) is 15.8. The number of aromatic nitrogens is 2. The second-order valence-corrected chi connectivity index (χ2v) is 4.69. The van der Waals surface area contributed by atoms with Crippen molar-refractivity contribution in [1.82, 2.24) is 9.55 Å². The van der Waals surface area contributed by atoms with E-state index in [-0.39, 0.29) is 6.61 Å². The van der Waals surface area contributed by atoms with E-state index in [0.29, 0.717) is 12.0 Å². The summed E-state index contributed by atoms with van der Waals surface area (Å²) in [6, 6.07) is 9.89. The van der Waals surface area contributed by atoms with Crippen LogP contribution < -0.4 is 0 Å². The Balaban J connectivity index is 2.27. The molecule has 2 rings (SSSR count). The number of hydrogen-bond acceptors (Lipinski definition) is 3. The Morgan fingerprint density at radius 1 is 1.38 bits per heavy atom. The first kappa shape index (κ1) is 14.8. The van der Waals surface area contributed by atoms with Gasteiger partial charge in [0.25, 0.3) is 0 Å². The highest BCUT2D eigenvalue weighted by molar-refractivity contribution is 5.86. The van der Waals surface area contributed by atoms with Gasteiger partial charge in [0.05, 0.1) is 17.7 Å². The third kappa shape index (κ3) is 3.48. The van der Waals surface area contributed by atoms with Crippen molar-refractivity contribution in [3.05, 3.63) is 72.9 Å². The van der Waals surface area contributed by atoms with E-state index in [1.165, 1.54) is 0 Å². The monoisotopic (exact) mass is 282 g/mol. The quantitative estimate of drug-likeness (QED) is 0.464. The molecule has 0 saturated carbocycles. The van der Waals surface area contributed by atoms with Crippen molar-refractivity contribution in [3.63, 3.8) is 0 Å². The Labute approximate surface area is 124 Å². The number of esters is 1. The highest BCUT2D eigenvalue weighted by Crippen LogP contribution is 2.17. The van der Waals surface area contributed by atoms with Crippen LogP contribution in [0.25, 0.3) is 5.69 Å². The third-order valence-electron chi connectivity index (χ3n) is 3.01. The van der Waals surface area contributed by atoms with E-state index in [1.54, 1.807) is 19.3 Å². The zero-order chi connectivity index (χ0) is 15.2. The fourth-order valence-corrected chi connectivity index (χ4v) is 1.95. The van der Waals surface area contributed by atoms with Crippen molar-refractivity contribution in [2.24, 2.45) is 0 Å². The van der Waals surface area contributed by atoms with Crippen LogP contribution in [0, 0.1) is 0 Å². The molecule has 0 atom stereocenters. The lowest BCUT2D eigenvalue weighted by Crippen LogP contribution is -2.07. The lowest BCUT2D eigenvalue weighted by molar-refractivity contribution is -0.140. The van der Waals surface area contributed by atoms with Crippen molar-refractivity contribution < 1.29 is 9.53 Å². The minimum Gasteiger partial charge on any atom is -0.456 e. The van der Waals surface area contributed by atoms with Gasteiger partial charge in [-0.2, -0.15) is 0 Å². The van der Waals surface area contributed by atoms with Crippen LogP contribution in [0.5, 0.6) is 0 Å². The van der Waals surface area contributed by atoms with Crippen molar-refractivity contribution >= 4 is 5.97 Å². The van der Waals surface area contributed by atoms with Crippen LogP contribution in [-0.2, 0) is 22.6 Å². The Morgan fingerprint density at radius 2 is 2.10 bits per heavy atom. The number of allylic oxidation sites excluding steroid dienone is 1. The van der Waals surface area contributed by atoms with Gasteiger partial charge in [0.2, 0.25) is 0 Å². The number of para-hydroxylation sites is 1. The molecule has 1 aromatic heterocycles. The maximum atomic E-state index is 11.5. The average molecular weight is 282 g/mol. The van der Waals surface area contributed by atoms with Gasteiger partial charge in [-0.1, -0.05) is 30.9 Å². The topological polar surface area (TPSA) is 44.1 Å². The van der Waals surface area contributed by atoms with E-state index < -0.39 is 5.97 Å². The standard InChI is InChI=1S/C17H18N2O2/c1-4-8-16-15(11-21-17(20)13(2)3)18-12-19(16)14-9-6-5-7-10-14/h4-7,9-10,12H,1-2,8,11H2,3H3. The van der Waals surface area contributed by atoms with Crippen LogP contribution in [0.4, 0.5) is 0 Å². The summed E-state index contributed by atoms with van der Waals surface area (Å²) in [5.74, 6) is -0.409. The van der Waals surface area contributed by atoms with Crippen molar-refractivity contribution in [2.75, 3.05) is 0 Å². The Kier molecular flexibility index (Phi) is 4.72. The molecule has 4 nitrogen and oxygen atoms in total. The molecule has 0 bridgehead atoms. The molecule has 0 fully saturated rings. The number of hydrogen-bond donors (Lipinski definition) is 0. The normalized spacial score (nSPS) is 10.1. The third-order valence-corrected chi connectivity index (χ3v) is 3.01. The molecule has 0 amide bonds. The van der Waals surface area contributed by atoms with Gasteiger partial charge in [-0.3, -0.25) is 0 Å². The fourth-order valence-electron chi connectivity index (χ4n) is 1.95. The Morgan fingerprint density at radius 3 is 2.71 bits per heavy atom. The summed E-state index contributed by atoms with van der Waals surface area (Å²) in [6.45, 7) is 9.09. The predicted octanol–water partition coefficient (Wildman–Crippen LogP) is 3.22. The summed E-state index contributed by atoms with van der Waals surface area (Å²) in [7, 11) is 0. The van der Waals surface area contributed by atoms with Gasteiger partial charge in [0.1, 0.15) is 6.61 Å². The molecule has 4 heteroatoms. The smallest absolute Gasteiger partial charge is 0.333 e. The molecule has 0 saturated heterocycles.